The number of nitrogens with one attached hydrogen (secondary N) is 1. The van der Waals surface area contributed by atoms with Gasteiger partial charge in [0.1, 0.15) is 5.82 Å². The minimum absolute atomic E-state index is 0.205. The first-order chi connectivity index (χ1) is 11.0. The number of halogens is 1. The van der Waals surface area contributed by atoms with Gasteiger partial charge in [0.2, 0.25) is 0 Å². The van der Waals surface area contributed by atoms with Crippen molar-refractivity contribution in [1.82, 2.24) is 14.8 Å². The number of aromatic nitrogens is 3. The lowest BCUT2D eigenvalue weighted by Gasteiger charge is -2.08. The predicted octanol–water partition coefficient (Wildman–Crippen LogP) is 3.71. The van der Waals surface area contributed by atoms with Gasteiger partial charge in [-0.05, 0) is 44.5 Å². The second-order valence-electron chi connectivity index (χ2n) is 5.74. The summed E-state index contributed by atoms with van der Waals surface area (Å²) in [6.07, 6.45) is 3.29. The fraction of sp³-hybridized carbons (Fsp3) is 0.235. The minimum Gasteiger partial charge on any atom is -0.321 e. The Kier molecular flexibility index (Phi) is 3.82. The molecule has 1 amide bonds. The summed E-state index contributed by atoms with van der Waals surface area (Å²) in [5.41, 5.74) is 2.09. The standard InChI is InChI=1S/C17H17FN4O/c1-10(2)22-16-13(8-20-22)6-14(9-19-16)21-17(23)12-5-4-11(3)15(18)7-12/h4-10H,1-3H3,(H,21,23). The van der Waals surface area contributed by atoms with Crippen LogP contribution in [0.1, 0.15) is 35.8 Å². The molecule has 6 heteroatoms. The number of anilines is 1. The van der Waals surface area contributed by atoms with E-state index < -0.39 is 5.82 Å². The Morgan fingerprint density at radius 3 is 2.74 bits per heavy atom. The summed E-state index contributed by atoms with van der Waals surface area (Å²) in [7, 11) is 0. The van der Waals surface area contributed by atoms with E-state index in [-0.39, 0.29) is 17.5 Å². The molecule has 118 valence electrons. The highest BCUT2D eigenvalue weighted by Gasteiger charge is 2.11. The molecule has 0 bridgehead atoms. The number of carbonyl (C=O) groups excluding carboxylic acids is 1. The van der Waals surface area contributed by atoms with Crippen LogP contribution in [-0.2, 0) is 0 Å². The number of carbonyl (C=O) groups is 1. The molecule has 2 heterocycles. The third-order valence-corrected chi connectivity index (χ3v) is 3.61. The van der Waals surface area contributed by atoms with Crippen molar-refractivity contribution >= 4 is 22.6 Å². The van der Waals surface area contributed by atoms with Crippen LogP contribution in [0.3, 0.4) is 0 Å². The number of aryl methyl sites for hydroxylation is 1. The average Bonchev–Trinajstić information content (AvgIpc) is 2.93. The molecule has 0 saturated heterocycles. The van der Waals surface area contributed by atoms with E-state index in [1.54, 1.807) is 37.5 Å². The van der Waals surface area contributed by atoms with Gasteiger partial charge in [-0.3, -0.25) is 4.79 Å². The van der Waals surface area contributed by atoms with Gasteiger partial charge in [0.15, 0.2) is 5.65 Å². The molecule has 0 unspecified atom stereocenters. The van der Waals surface area contributed by atoms with Gasteiger partial charge in [-0.2, -0.15) is 5.10 Å². The summed E-state index contributed by atoms with van der Waals surface area (Å²) < 4.78 is 15.4. The lowest BCUT2D eigenvalue weighted by atomic mass is 10.1. The Bertz CT molecular complexity index is 885. The molecule has 0 saturated carbocycles. The first-order valence-corrected chi connectivity index (χ1v) is 7.36. The van der Waals surface area contributed by atoms with Gasteiger partial charge in [0.25, 0.3) is 5.91 Å². The van der Waals surface area contributed by atoms with Gasteiger partial charge in [0.05, 0.1) is 18.1 Å². The largest absolute Gasteiger partial charge is 0.321 e. The van der Waals surface area contributed by atoms with Crippen LogP contribution in [0.25, 0.3) is 11.0 Å². The highest BCUT2D eigenvalue weighted by Crippen LogP contribution is 2.20. The molecule has 2 aromatic heterocycles. The third-order valence-electron chi connectivity index (χ3n) is 3.61. The fourth-order valence-electron chi connectivity index (χ4n) is 2.32. The SMILES string of the molecule is Cc1ccc(C(=O)Nc2cnc3c(cnn3C(C)C)c2)cc1F. The van der Waals surface area contributed by atoms with Gasteiger partial charge < -0.3 is 5.32 Å². The monoisotopic (exact) mass is 312 g/mol. The summed E-state index contributed by atoms with van der Waals surface area (Å²) in [5, 5.41) is 7.86. The van der Waals surface area contributed by atoms with Crippen molar-refractivity contribution in [3.63, 3.8) is 0 Å². The summed E-state index contributed by atoms with van der Waals surface area (Å²) >= 11 is 0. The molecule has 0 fully saturated rings. The van der Waals surface area contributed by atoms with E-state index in [2.05, 4.69) is 15.4 Å². The number of fused-ring (bicyclic) bond motifs is 1. The molecule has 5 nitrogen and oxygen atoms in total. The number of nitrogens with zero attached hydrogens (tertiary/aromatic N) is 3. The maximum Gasteiger partial charge on any atom is 0.255 e. The zero-order valence-corrected chi connectivity index (χ0v) is 13.2. The Hall–Kier alpha value is -2.76. The molecule has 0 radical (unpaired) electrons. The normalized spacial score (nSPS) is 11.2. The molecule has 3 aromatic rings. The van der Waals surface area contributed by atoms with Crippen LogP contribution in [0.4, 0.5) is 10.1 Å². The van der Waals surface area contributed by atoms with Crippen molar-refractivity contribution in [3.05, 3.63) is 53.6 Å². The summed E-state index contributed by atoms with van der Waals surface area (Å²) in [4.78, 5) is 16.6. The molecular weight excluding hydrogens is 295 g/mol. The van der Waals surface area contributed by atoms with Crippen molar-refractivity contribution in [1.29, 1.82) is 0 Å². The first kappa shape index (κ1) is 15.1. The number of pyridine rings is 1. The van der Waals surface area contributed by atoms with Crippen LogP contribution >= 0.6 is 0 Å². The van der Waals surface area contributed by atoms with E-state index in [0.717, 1.165) is 11.0 Å². The van der Waals surface area contributed by atoms with Gasteiger partial charge in [-0.1, -0.05) is 6.07 Å². The molecular formula is C17H17FN4O. The van der Waals surface area contributed by atoms with Crippen LogP contribution in [0, 0.1) is 12.7 Å². The lowest BCUT2D eigenvalue weighted by molar-refractivity contribution is 0.102. The van der Waals surface area contributed by atoms with Crippen molar-refractivity contribution in [3.8, 4) is 0 Å². The predicted molar refractivity (Wildman–Crippen MR) is 87.0 cm³/mol. The number of rotatable bonds is 3. The number of amides is 1. The number of hydrogen-bond donors (Lipinski definition) is 1. The van der Waals surface area contributed by atoms with Crippen LogP contribution in [-0.4, -0.2) is 20.7 Å². The van der Waals surface area contributed by atoms with Crippen LogP contribution in [0.2, 0.25) is 0 Å². The first-order valence-electron chi connectivity index (χ1n) is 7.36. The molecule has 0 aliphatic rings. The molecule has 0 aliphatic carbocycles. The third kappa shape index (κ3) is 2.92. The van der Waals surface area contributed by atoms with E-state index in [1.807, 2.05) is 18.5 Å². The smallest absolute Gasteiger partial charge is 0.255 e. The van der Waals surface area contributed by atoms with E-state index in [4.69, 9.17) is 0 Å². The van der Waals surface area contributed by atoms with Crippen LogP contribution < -0.4 is 5.32 Å². The van der Waals surface area contributed by atoms with Crippen molar-refractivity contribution in [2.24, 2.45) is 0 Å². The summed E-state index contributed by atoms with van der Waals surface area (Å²) in [6.45, 7) is 5.70. The maximum absolute atomic E-state index is 13.6. The molecule has 0 spiro atoms. The van der Waals surface area contributed by atoms with Gasteiger partial charge in [-0.15, -0.1) is 0 Å². The van der Waals surface area contributed by atoms with Crippen molar-refractivity contribution in [2.75, 3.05) is 5.32 Å². The van der Waals surface area contributed by atoms with Crippen LogP contribution in [0.5, 0.6) is 0 Å². The maximum atomic E-state index is 13.6. The second kappa shape index (κ2) is 5.79. The highest BCUT2D eigenvalue weighted by molar-refractivity contribution is 6.04. The zero-order chi connectivity index (χ0) is 16.6. The topological polar surface area (TPSA) is 59.8 Å². The zero-order valence-electron chi connectivity index (χ0n) is 13.2. The summed E-state index contributed by atoms with van der Waals surface area (Å²) in [6, 6.07) is 6.41. The van der Waals surface area contributed by atoms with E-state index in [1.165, 1.54) is 6.07 Å². The molecule has 1 N–H and O–H groups in total. The van der Waals surface area contributed by atoms with Crippen molar-refractivity contribution in [2.45, 2.75) is 26.8 Å². The quantitative estimate of drug-likeness (QED) is 0.802. The molecule has 23 heavy (non-hydrogen) atoms. The lowest BCUT2D eigenvalue weighted by Crippen LogP contribution is -2.12. The highest BCUT2D eigenvalue weighted by atomic mass is 19.1. The Morgan fingerprint density at radius 1 is 1.26 bits per heavy atom. The van der Waals surface area contributed by atoms with E-state index in [9.17, 15) is 9.18 Å². The average molecular weight is 312 g/mol. The van der Waals surface area contributed by atoms with Gasteiger partial charge in [-0.25, -0.2) is 14.1 Å². The van der Waals surface area contributed by atoms with Gasteiger partial charge >= 0.3 is 0 Å². The number of benzene rings is 1. The van der Waals surface area contributed by atoms with E-state index >= 15 is 0 Å². The van der Waals surface area contributed by atoms with Crippen LogP contribution in [0.15, 0.2) is 36.7 Å². The Balaban J connectivity index is 1.86. The van der Waals surface area contributed by atoms with Crippen molar-refractivity contribution < 1.29 is 9.18 Å². The minimum atomic E-state index is -0.399. The molecule has 0 aliphatic heterocycles. The van der Waals surface area contributed by atoms with Gasteiger partial charge in [0, 0.05) is 17.0 Å². The second-order valence-corrected chi connectivity index (χ2v) is 5.74. The fourth-order valence-corrected chi connectivity index (χ4v) is 2.32. The molecule has 0 atom stereocenters. The number of hydrogen-bond acceptors (Lipinski definition) is 3. The Morgan fingerprint density at radius 2 is 2.04 bits per heavy atom. The Labute approximate surface area is 133 Å². The molecule has 3 rings (SSSR count). The summed E-state index contributed by atoms with van der Waals surface area (Å²) in [5.74, 6) is -0.772. The van der Waals surface area contributed by atoms with E-state index in [0.29, 0.717) is 11.3 Å². The molecule has 1 aromatic carbocycles.